The van der Waals surface area contributed by atoms with Crippen molar-refractivity contribution in [3.05, 3.63) is 18.2 Å². The number of rotatable bonds is 3. The smallest absolute Gasteiger partial charge is 0.241 e. The number of anilines is 1. The molecule has 0 aromatic heterocycles. The minimum Gasteiger partial charge on any atom is -0.489 e. The highest BCUT2D eigenvalue weighted by molar-refractivity contribution is 7.89. The van der Waals surface area contributed by atoms with Crippen LogP contribution in [0, 0.1) is 5.92 Å². The fraction of sp³-hybridized carbons (Fsp3) is 0.538. The second-order valence-corrected chi connectivity index (χ2v) is 6.70. The zero-order valence-electron chi connectivity index (χ0n) is 11.0. The Hall–Kier alpha value is -1.27. The Balaban J connectivity index is 2.29. The van der Waals surface area contributed by atoms with Gasteiger partial charge >= 0.3 is 0 Å². The lowest BCUT2D eigenvalue weighted by atomic mass is 9.88. The maximum absolute atomic E-state index is 11.6. The van der Waals surface area contributed by atoms with Gasteiger partial charge in [-0.1, -0.05) is 13.3 Å². The quantitative estimate of drug-likeness (QED) is 0.828. The molecule has 2 rings (SSSR count). The van der Waals surface area contributed by atoms with E-state index in [-0.39, 0.29) is 11.0 Å². The van der Waals surface area contributed by atoms with E-state index in [0.717, 1.165) is 19.3 Å². The average molecular weight is 284 g/mol. The highest BCUT2D eigenvalue weighted by atomic mass is 32.2. The van der Waals surface area contributed by atoms with E-state index in [0.29, 0.717) is 17.4 Å². The summed E-state index contributed by atoms with van der Waals surface area (Å²) in [5.74, 6) is 0.718. The molecule has 1 aliphatic rings. The van der Waals surface area contributed by atoms with Crippen LogP contribution in [0.4, 0.5) is 5.69 Å². The highest BCUT2D eigenvalue weighted by Gasteiger charge is 2.25. The molecule has 1 aliphatic carbocycles. The summed E-state index contributed by atoms with van der Waals surface area (Å²) in [6.07, 6.45) is 4.39. The largest absolute Gasteiger partial charge is 0.489 e. The molecular weight excluding hydrogens is 264 g/mol. The van der Waals surface area contributed by atoms with Crippen molar-refractivity contribution in [3.8, 4) is 5.75 Å². The van der Waals surface area contributed by atoms with Crippen molar-refractivity contribution in [2.24, 2.45) is 11.1 Å². The highest BCUT2D eigenvalue weighted by Crippen LogP contribution is 2.32. The first-order valence-electron chi connectivity index (χ1n) is 6.47. The molecule has 0 aliphatic heterocycles. The van der Waals surface area contributed by atoms with Gasteiger partial charge in [-0.25, -0.2) is 13.6 Å². The molecule has 0 spiro atoms. The number of nitrogens with two attached hydrogens (primary N) is 2. The Morgan fingerprint density at radius 2 is 1.95 bits per heavy atom. The summed E-state index contributed by atoms with van der Waals surface area (Å²) in [7, 11) is -3.83. The molecule has 0 saturated heterocycles. The summed E-state index contributed by atoms with van der Waals surface area (Å²) in [4.78, 5) is -0.0368. The van der Waals surface area contributed by atoms with Crippen molar-refractivity contribution < 1.29 is 13.2 Å². The van der Waals surface area contributed by atoms with Crippen LogP contribution in [-0.4, -0.2) is 14.5 Å². The standard InChI is InChI=1S/C13H20N2O3S/c1-9-4-2-3-5-11(9)18-12-7-6-10(14)8-13(12)19(15,16)17/h6-9,11H,2-5,14H2,1H3,(H2,15,16,17). The van der Waals surface area contributed by atoms with E-state index in [2.05, 4.69) is 6.92 Å². The first-order chi connectivity index (χ1) is 8.88. The van der Waals surface area contributed by atoms with Gasteiger partial charge in [-0.3, -0.25) is 0 Å². The fourth-order valence-corrected chi connectivity index (χ4v) is 3.16. The Labute approximate surface area is 114 Å². The van der Waals surface area contributed by atoms with Gasteiger partial charge in [0.25, 0.3) is 0 Å². The second-order valence-electron chi connectivity index (χ2n) is 5.17. The summed E-state index contributed by atoms with van der Waals surface area (Å²) < 4.78 is 29.0. The van der Waals surface area contributed by atoms with Gasteiger partial charge in [0.2, 0.25) is 10.0 Å². The van der Waals surface area contributed by atoms with Gasteiger partial charge in [0.1, 0.15) is 16.7 Å². The molecule has 106 valence electrons. The first-order valence-corrected chi connectivity index (χ1v) is 8.01. The van der Waals surface area contributed by atoms with Gasteiger partial charge < -0.3 is 10.5 Å². The maximum Gasteiger partial charge on any atom is 0.241 e. The molecule has 1 fully saturated rings. The van der Waals surface area contributed by atoms with Crippen molar-refractivity contribution in [3.63, 3.8) is 0 Å². The molecule has 4 N–H and O–H groups in total. The van der Waals surface area contributed by atoms with Crippen LogP contribution >= 0.6 is 0 Å². The van der Waals surface area contributed by atoms with Crippen LogP contribution in [0.3, 0.4) is 0 Å². The molecular formula is C13H20N2O3S. The summed E-state index contributed by atoms with van der Waals surface area (Å²) in [6.45, 7) is 2.12. The van der Waals surface area contributed by atoms with Crippen molar-refractivity contribution in [1.29, 1.82) is 0 Å². The van der Waals surface area contributed by atoms with Crippen LogP contribution in [0.15, 0.2) is 23.1 Å². The lowest BCUT2D eigenvalue weighted by Crippen LogP contribution is -2.29. The predicted molar refractivity (Wildman–Crippen MR) is 74.3 cm³/mol. The average Bonchev–Trinajstić information content (AvgIpc) is 2.33. The monoisotopic (exact) mass is 284 g/mol. The predicted octanol–water partition coefficient (Wildman–Crippen LogP) is 1.87. The number of ether oxygens (including phenoxy) is 1. The summed E-state index contributed by atoms with van der Waals surface area (Å²) in [5.41, 5.74) is 5.96. The van der Waals surface area contributed by atoms with Gasteiger partial charge in [-0.2, -0.15) is 0 Å². The van der Waals surface area contributed by atoms with Crippen molar-refractivity contribution in [1.82, 2.24) is 0 Å². The molecule has 1 aromatic rings. The van der Waals surface area contributed by atoms with Gasteiger partial charge in [-0.05, 0) is 43.4 Å². The Bertz CT molecular complexity index is 557. The lowest BCUT2D eigenvalue weighted by molar-refractivity contribution is 0.0994. The molecule has 0 bridgehead atoms. The van der Waals surface area contributed by atoms with Crippen LogP contribution in [0.2, 0.25) is 0 Å². The third-order valence-corrected chi connectivity index (χ3v) is 4.52. The molecule has 5 nitrogen and oxygen atoms in total. The van der Waals surface area contributed by atoms with Crippen molar-refractivity contribution in [2.75, 3.05) is 5.73 Å². The maximum atomic E-state index is 11.6. The zero-order chi connectivity index (χ0) is 14.0. The zero-order valence-corrected chi connectivity index (χ0v) is 11.8. The number of nitrogen functional groups attached to an aromatic ring is 1. The van der Waals surface area contributed by atoms with Crippen LogP contribution in [0.25, 0.3) is 0 Å². The molecule has 2 unspecified atom stereocenters. The summed E-state index contributed by atoms with van der Waals surface area (Å²) >= 11 is 0. The number of hydrogen-bond donors (Lipinski definition) is 2. The SMILES string of the molecule is CC1CCCCC1Oc1ccc(N)cc1S(N)(=O)=O. The van der Waals surface area contributed by atoms with Gasteiger partial charge in [0.05, 0.1) is 0 Å². The summed E-state index contributed by atoms with van der Waals surface area (Å²) in [6, 6.07) is 4.55. The Morgan fingerprint density at radius 1 is 1.26 bits per heavy atom. The van der Waals surface area contributed by atoms with Crippen LogP contribution < -0.4 is 15.6 Å². The number of sulfonamides is 1. The molecule has 6 heteroatoms. The fourth-order valence-electron chi connectivity index (χ4n) is 2.46. The lowest BCUT2D eigenvalue weighted by Gasteiger charge is -2.29. The van der Waals surface area contributed by atoms with E-state index in [9.17, 15) is 8.42 Å². The second kappa shape index (κ2) is 5.38. The number of primary sulfonamides is 1. The van der Waals surface area contributed by atoms with Gasteiger partial charge in [-0.15, -0.1) is 0 Å². The summed E-state index contributed by atoms with van der Waals surface area (Å²) in [5, 5.41) is 5.20. The normalized spacial score (nSPS) is 24.1. The van der Waals surface area contributed by atoms with Gasteiger partial charge in [0.15, 0.2) is 0 Å². The van der Waals surface area contributed by atoms with Crippen LogP contribution in [0.5, 0.6) is 5.75 Å². The van der Waals surface area contributed by atoms with Crippen LogP contribution in [0.1, 0.15) is 32.6 Å². The molecule has 0 amide bonds. The topological polar surface area (TPSA) is 95.4 Å². The van der Waals surface area contributed by atoms with E-state index in [4.69, 9.17) is 15.6 Å². The van der Waals surface area contributed by atoms with E-state index in [1.54, 1.807) is 12.1 Å². The Kier molecular flexibility index (Phi) is 4.01. The molecule has 19 heavy (non-hydrogen) atoms. The van der Waals surface area contributed by atoms with Gasteiger partial charge in [0, 0.05) is 5.69 Å². The van der Waals surface area contributed by atoms with Crippen molar-refractivity contribution >= 4 is 15.7 Å². The van der Waals surface area contributed by atoms with E-state index in [1.807, 2.05) is 0 Å². The third-order valence-electron chi connectivity index (χ3n) is 3.59. The molecule has 0 heterocycles. The minimum absolute atomic E-state index is 0.0368. The van der Waals surface area contributed by atoms with E-state index < -0.39 is 10.0 Å². The third kappa shape index (κ3) is 3.39. The number of hydrogen-bond acceptors (Lipinski definition) is 4. The van der Waals surface area contributed by atoms with Crippen LogP contribution in [-0.2, 0) is 10.0 Å². The molecule has 0 radical (unpaired) electrons. The van der Waals surface area contributed by atoms with E-state index in [1.165, 1.54) is 12.5 Å². The molecule has 2 atom stereocenters. The molecule has 1 aromatic carbocycles. The molecule has 1 saturated carbocycles. The van der Waals surface area contributed by atoms with E-state index >= 15 is 0 Å². The first kappa shape index (κ1) is 14.1. The number of benzene rings is 1. The van der Waals surface area contributed by atoms with Crippen molar-refractivity contribution in [2.45, 2.75) is 43.6 Å². The minimum atomic E-state index is -3.83. The Morgan fingerprint density at radius 3 is 2.58 bits per heavy atom.